The number of anilines is 1. The van der Waals surface area contributed by atoms with E-state index in [1.807, 2.05) is 13.1 Å². The molecular weight excluding hydrogens is 443 g/mol. The van der Waals surface area contributed by atoms with E-state index in [4.69, 9.17) is 10.5 Å². The van der Waals surface area contributed by atoms with E-state index in [0.29, 0.717) is 12.5 Å². The number of aromatic nitrogens is 1. The summed E-state index contributed by atoms with van der Waals surface area (Å²) in [4.78, 5) is 13.7. The van der Waals surface area contributed by atoms with Gasteiger partial charge in [-0.05, 0) is 31.5 Å². The lowest BCUT2D eigenvalue weighted by molar-refractivity contribution is 0.145. The lowest BCUT2D eigenvalue weighted by Gasteiger charge is -2.34. The van der Waals surface area contributed by atoms with E-state index in [1.54, 1.807) is 0 Å². The second-order valence-electron chi connectivity index (χ2n) is 6.12. The lowest BCUT2D eigenvalue weighted by Crippen LogP contribution is -2.46. The Morgan fingerprint density at radius 1 is 1.27 bits per heavy atom. The predicted molar refractivity (Wildman–Crippen MR) is 118 cm³/mol. The van der Waals surface area contributed by atoms with Crippen LogP contribution < -0.4 is 16.0 Å². The highest BCUT2D eigenvalue weighted by atomic mass is 127. The average Bonchev–Trinajstić information content (AvgIpc) is 2.67. The van der Waals surface area contributed by atoms with E-state index in [2.05, 4.69) is 44.1 Å². The van der Waals surface area contributed by atoms with Crippen molar-refractivity contribution >= 4 is 35.8 Å². The number of guanidine groups is 1. The molecule has 2 rings (SSSR count). The highest BCUT2D eigenvalue weighted by molar-refractivity contribution is 14.0. The first-order valence-corrected chi connectivity index (χ1v) is 9.26. The highest BCUT2D eigenvalue weighted by Crippen LogP contribution is 2.14. The standard InChI is InChI=1S/C18H32N6O.HI/c1-3-23-9-11-24(12-10-23)17-7-6-16(14-21-17)15-22-18(19)20-8-5-13-25-4-2;/h6-7,14H,3-5,8-13,15H2,1-2H3,(H3,19,20,22);1H. The van der Waals surface area contributed by atoms with Gasteiger partial charge in [0.1, 0.15) is 5.82 Å². The van der Waals surface area contributed by atoms with E-state index in [-0.39, 0.29) is 24.0 Å². The molecule has 0 aliphatic carbocycles. The van der Waals surface area contributed by atoms with Crippen molar-refractivity contribution in [3.8, 4) is 0 Å². The Morgan fingerprint density at radius 3 is 2.65 bits per heavy atom. The van der Waals surface area contributed by atoms with Crippen LogP contribution in [0.2, 0.25) is 0 Å². The monoisotopic (exact) mass is 476 g/mol. The summed E-state index contributed by atoms with van der Waals surface area (Å²) in [6.45, 7) is 12.4. The van der Waals surface area contributed by atoms with Crippen LogP contribution in [0.5, 0.6) is 0 Å². The van der Waals surface area contributed by atoms with Gasteiger partial charge in [0.2, 0.25) is 0 Å². The quantitative estimate of drug-likeness (QED) is 0.245. The molecule has 26 heavy (non-hydrogen) atoms. The minimum absolute atomic E-state index is 0. The van der Waals surface area contributed by atoms with Gasteiger partial charge in [0.25, 0.3) is 0 Å². The van der Waals surface area contributed by atoms with Crippen LogP contribution in [-0.4, -0.2) is 68.3 Å². The van der Waals surface area contributed by atoms with Gasteiger partial charge in [-0.1, -0.05) is 13.0 Å². The summed E-state index contributed by atoms with van der Waals surface area (Å²) in [5.41, 5.74) is 6.94. The van der Waals surface area contributed by atoms with E-state index in [9.17, 15) is 0 Å². The second kappa shape index (κ2) is 13.1. The summed E-state index contributed by atoms with van der Waals surface area (Å²) >= 11 is 0. The second-order valence-corrected chi connectivity index (χ2v) is 6.12. The van der Waals surface area contributed by atoms with Crippen molar-refractivity contribution in [2.24, 2.45) is 10.7 Å². The van der Waals surface area contributed by atoms with Crippen LogP contribution in [0.1, 0.15) is 25.8 Å². The zero-order valence-corrected chi connectivity index (χ0v) is 18.3. The van der Waals surface area contributed by atoms with Crippen LogP contribution in [0.15, 0.2) is 23.3 Å². The van der Waals surface area contributed by atoms with Crippen LogP contribution in [0.4, 0.5) is 5.82 Å². The van der Waals surface area contributed by atoms with E-state index in [1.165, 1.54) is 0 Å². The number of likely N-dealkylation sites (N-methyl/N-ethyl adjacent to an activating group) is 1. The lowest BCUT2D eigenvalue weighted by atomic mass is 10.2. The molecule has 1 fully saturated rings. The molecular formula is C18H33IN6O. The fourth-order valence-electron chi connectivity index (χ4n) is 2.76. The molecule has 1 aromatic heterocycles. The van der Waals surface area contributed by atoms with Crippen molar-refractivity contribution < 1.29 is 4.74 Å². The molecule has 1 saturated heterocycles. The SMILES string of the molecule is CCOCCCNC(N)=NCc1ccc(N2CCN(CC)CC2)nc1.I. The number of nitrogens with zero attached hydrogens (tertiary/aromatic N) is 4. The molecule has 0 aromatic carbocycles. The van der Waals surface area contributed by atoms with Crippen molar-refractivity contribution in [1.29, 1.82) is 0 Å². The summed E-state index contributed by atoms with van der Waals surface area (Å²) in [5.74, 6) is 1.52. The summed E-state index contributed by atoms with van der Waals surface area (Å²) in [5, 5.41) is 3.10. The van der Waals surface area contributed by atoms with Crippen molar-refractivity contribution in [1.82, 2.24) is 15.2 Å². The third-order valence-corrected chi connectivity index (χ3v) is 4.36. The molecule has 1 aromatic rings. The molecule has 0 radical (unpaired) electrons. The molecule has 0 unspecified atom stereocenters. The summed E-state index contributed by atoms with van der Waals surface area (Å²) in [7, 11) is 0. The van der Waals surface area contributed by atoms with Crippen molar-refractivity contribution in [2.45, 2.75) is 26.8 Å². The summed E-state index contributed by atoms with van der Waals surface area (Å²) < 4.78 is 5.28. The fraction of sp³-hybridized carbons (Fsp3) is 0.667. The number of aliphatic imine (C=N–C) groups is 1. The Morgan fingerprint density at radius 2 is 2.04 bits per heavy atom. The third kappa shape index (κ3) is 8.05. The Hall–Kier alpha value is -1.13. The van der Waals surface area contributed by atoms with Gasteiger partial charge < -0.3 is 25.6 Å². The molecule has 3 N–H and O–H groups in total. The Labute approximate surface area is 174 Å². The molecule has 2 heterocycles. The first-order valence-electron chi connectivity index (χ1n) is 9.26. The van der Waals surface area contributed by atoms with Gasteiger partial charge in [-0.15, -0.1) is 24.0 Å². The van der Waals surface area contributed by atoms with Gasteiger partial charge in [0.15, 0.2) is 5.96 Å². The number of rotatable bonds is 9. The number of ether oxygens (including phenoxy) is 1. The normalized spacial score (nSPS) is 15.6. The molecule has 1 aliphatic rings. The van der Waals surface area contributed by atoms with E-state index in [0.717, 1.165) is 70.3 Å². The van der Waals surface area contributed by atoms with Gasteiger partial charge in [-0.2, -0.15) is 0 Å². The Kier molecular flexibility index (Phi) is 11.5. The number of pyridine rings is 1. The maximum atomic E-state index is 5.87. The van der Waals surface area contributed by atoms with Gasteiger partial charge >= 0.3 is 0 Å². The van der Waals surface area contributed by atoms with Crippen molar-refractivity contribution in [2.75, 3.05) is 57.4 Å². The number of hydrogen-bond donors (Lipinski definition) is 2. The fourth-order valence-corrected chi connectivity index (χ4v) is 2.76. The highest BCUT2D eigenvalue weighted by Gasteiger charge is 2.16. The van der Waals surface area contributed by atoms with E-state index < -0.39 is 0 Å². The zero-order valence-electron chi connectivity index (χ0n) is 16.0. The summed E-state index contributed by atoms with van der Waals surface area (Å²) in [6.07, 6.45) is 2.82. The molecule has 0 atom stereocenters. The molecule has 0 amide bonds. The smallest absolute Gasteiger partial charge is 0.188 e. The molecule has 8 heteroatoms. The largest absolute Gasteiger partial charge is 0.382 e. The Bertz CT molecular complexity index is 517. The molecule has 148 valence electrons. The molecule has 0 saturated carbocycles. The summed E-state index contributed by atoms with van der Waals surface area (Å²) in [6, 6.07) is 4.17. The van der Waals surface area contributed by atoms with Crippen LogP contribution in [0, 0.1) is 0 Å². The minimum Gasteiger partial charge on any atom is -0.382 e. The molecule has 1 aliphatic heterocycles. The number of halogens is 1. The Balaban J connectivity index is 0.00000338. The van der Waals surface area contributed by atoms with Gasteiger partial charge in [0.05, 0.1) is 6.54 Å². The first-order chi connectivity index (χ1) is 12.2. The van der Waals surface area contributed by atoms with Gasteiger partial charge in [-0.25, -0.2) is 9.98 Å². The zero-order chi connectivity index (χ0) is 17.9. The van der Waals surface area contributed by atoms with Gasteiger partial charge in [-0.3, -0.25) is 0 Å². The molecule has 0 spiro atoms. The number of nitrogens with two attached hydrogens (primary N) is 1. The third-order valence-electron chi connectivity index (χ3n) is 4.36. The van der Waals surface area contributed by atoms with E-state index >= 15 is 0 Å². The van der Waals surface area contributed by atoms with Crippen LogP contribution >= 0.6 is 24.0 Å². The number of piperazine rings is 1. The first kappa shape index (κ1) is 22.9. The minimum atomic E-state index is 0. The maximum absolute atomic E-state index is 5.87. The van der Waals surface area contributed by atoms with Gasteiger partial charge in [0, 0.05) is 52.1 Å². The van der Waals surface area contributed by atoms with Crippen molar-refractivity contribution in [3.05, 3.63) is 23.9 Å². The van der Waals surface area contributed by atoms with Crippen LogP contribution in [-0.2, 0) is 11.3 Å². The van der Waals surface area contributed by atoms with Crippen molar-refractivity contribution in [3.63, 3.8) is 0 Å². The number of hydrogen-bond acceptors (Lipinski definition) is 5. The average molecular weight is 476 g/mol. The topological polar surface area (TPSA) is 79.0 Å². The maximum Gasteiger partial charge on any atom is 0.188 e. The molecule has 0 bridgehead atoms. The molecule has 7 nitrogen and oxygen atoms in total. The van der Waals surface area contributed by atoms with Crippen LogP contribution in [0.25, 0.3) is 0 Å². The van der Waals surface area contributed by atoms with Crippen LogP contribution in [0.3, 0.4) is 0 Å². The number of nitrogens with one attached hydrogen (secondary N) is 1. The predicted octanol–water partition coefficient (Wildman–Crippen LogP) is 1.67.